The standard InChI is InChI=1S/C12H18N4OS/c1-2-3-4-6-17-8-10-14-11(16-13)9-5-7-18-12(9)15-10/h5,7H,2-4,6,8,13H2,1H3,(H,14,15,16). The molecule has 0 aromatic carbocycles. The number of nitrogen functional groups attached to an aromatic ring is 1. The fourth-order valence-corrected chi connectivity index (χ4v) is 2.47. The predicted octanol–water partition coefficient (Wildman–Crippen LogP) is 2.68. The fourth-order valence-electron chi connectivity index (χ4n) is 1.69. The second-order valence-corrected chi connectivity index (χ2v) is 4.93. The Hall–Kier alpha value is -1.24. The Morgan fingerprint density at radius 3 is 3.06 bits per heavy atom. The highest BCUT2D eigenvalue weighted by molar-refractivity contribution is 7.16. The number of thiophene rings is 1. The van der Waals surface area contributed by atoms with Crippen molar-refractivity contribution in [2.45, 2.75) is 32.8 Å². The minimum atomic E-state index is 0.437. The molecule has 0 aliphatic rings. The minimum absolute atomic E-state index is 0.437. The predicted molar refractivity (Wildman–Crippen MR) is 74.4 cm³/mol. The van der Waals surface area contributed by atoms with E-state index in [0.717, 1.165) is 23.2 Å². The third-order valence-corrected chi connectivity index (χ3v) is 3.44. The summed E-state index contributed by atoms with van der Waals surface area (Å²) in [4.78, 5) is 9.73. The van der Waals surface area contributed by atoms with Gasteiger partial charge in [0.25, 0.3) is 0 Å². The molecule has 0 fully saturated rings. The lowest BCUT2D eigenvalue weighted by molar-refractivity contribution is 0.112. The second kappa shape index (κ2) is 6.63. The Morgan fingerprint density at radius 1 is 1.39 bits per heavy atom. The Kier molecular flexibility index (Phi) is 4.86. The molecule has 0 aliphatic carbocycles. The third kappa shape index (κ3) is 3.16. The molecule has 3 N–H and O–H groups in total. The molecule has 18 heavy (non-hydrogen) atoms. The van der Waals surface area contributed by atoms with Gasteiger partial charge in [-0.1, -0.05) is 19.8 Å². The summed E-state index contributed by atoms with van der Waals surface area (Å²) in [6.45, 7) is 3.37. The van der Waals surface area contributed by atoms with Crippen molar-refractivity contribution in [3.05, 3.63) is 17.3 Å². The van der Waals surface area contributed by atoms with Crippen LogP contribution in [0.5, 0.6) is 0 Å². The number of nitrogens with zero attached hydrogens (tertiary/aromatic N) is 2. The van der Waals surface area contributed by atoms with E-state index in [1.807, 2.05) is 11.4 Å². The largest absolute Gasteiger partial charge is 0.373 e. The van der Waals surface area contributed by atoms with E-state index < -0.39 is 0 Å². The Bertz CT molecular complexity index is 500. The molecule has 0 radical (unpaired) electrons. The molecule has 98 valence electrons. The number of ether oxygens (including phenoxy) is 1. The van der Waals surface area contributed by atoms with Crippen LogP contribution >= 0.6 is 11.3 Å². The molecular weight excluding hydrogens is 248 g/mol. The molecule has 2 rings (SSSR count). The number of rotatable bonds is 7. The summed E-state index contributed by atoms with van der Waals surface area (Å²) in [5.41, 5.74) is 2.61. The summed E-state index contributed by atoms with van der Waals surface area (Å²) < 4.78 is 5.56. The normalized spacial score (nSPS) is 11.0. The van der Waals surface area contributed by atoms with Crippen molar-refractivity contribution in [1.29, 1.82) is 0 Å². The zero-order valence-corrected chi connectivity index (χ0v) is 11.3. The van der Waals surface area contributed by atoms with E-state index in [4.69, 9.17) is 10.6 Å². The molecule has 5 nitrogen and oxygen atoms in total. The van der Waals surface area contributed by atoms with E-state index in [1.54, 1.807) is 11.3 Å². The molecule has 6 heteroatoms. The molecule has 0 saturated heterocycles. The number of fused-ring (bicyclic) bond motifs is 1. The first-order valence-electron chi connectivity index (χ1n) is 6.13. The van der Waals surface area contributed by atoms with Crippen molar-refractivity contribution < 1.29 is 4.74 Å². The summed E-state index contributed by atoms with van der Waals surface area (Å²) in [6.07, 6.45) is 3.47. The van der Waals surface area contributed by atoms with Gasteiger partial charge in [-0.2, -0.15) is 0 Å². The molecular formula is C12H18N4OS. The maximum atomic E-state index is 5.56. The highest BCUT2D eigenvalue weighted by atomic mass is 32.1. The third-order valence-electron chi connectivity index (χ3n) is 2.63. The highest BCUT2D eigenvalue weighted by Gasteiger charge is 2.07. The van der Waals surface area contributed by atoms with Crippen LogP contribution in [0.25, 0.3) is 10.2 Å². The zero-order chi connectivity index (χ0) is 12.8. The van der Waals surface area contributed by atoms with Crippen LogP contribution in [0.1, 0.15) is 32.0 Å². The van der Waals surface area contributed by atoms with Crippen LogP contribution in [0.4, 0.5) is 5.82 Å². The van der Waals surface area contributed by atoms with Crippen molar-refractivity contribution in [3.63, 3.8) is 0 Å². The average Bonchev–Trinajstić information content (AvgIpc) is 2.85. The summed E-state index contributed by atoms with van der Waals surface area (Å²) in [5, 5.41) is 2.93. The number of aromatic nitrogens is 2. The van der Waals surface area contributed by atoms with E-state index in [1.165, 1.54) is 12.8 Å². The van der Waals surface area contributed by atoms with E-state index in [2.05, 4.69) is 22.3 Å². The first-order chi connectivity index (χ1) is 8.85. The number of nitrogens with two attached hydrogens (primary N) is 1. The van der Waals surface area contributed by atoms with Crippen LogP contribution in [0.2, 0.25) is 0 Å². The monoisotopic (exact) mass is 266 g/mol. The first kappa shape index (κ1) is 13.2. The maximum absolute atomic E-state index is 5.56. The van der Waals surface area contributed by atoms with Gasteiger partial charge in [-0.05, 0) is 17.9 Å². The summed E-state index contributed by atoms with van der Waals surface area (Å²) in [6, 6.07) is 1.96. The molecule has 0 spiro atoms. The lowest BCUT2D eigenvalue weighted by Gasteiger charge is -2.06. The van der Waals surface area contributed by atoms with Crippen molar-refractivity contribution in [3.8, 4) is 0 Å². The van der Waals surface area contributed by atoms with Gasteiger partial charge in [-0.3, -0.25) is 0 Å². The maximum Gasteiger partial charge on any atom is 0.158 e. The van der Waals surface area contributed by atoms with Gasteiger partial charge < -0.3 is 10.2 Å². The van der Waals surface area contributed by atoms with Crippen LogP contribution in [-0.4, -0.2) is 16.6 Å². The Balaban J connectivity index is 2.00. The first-order valence-corrected chi connectivity index (χ1v) is 7.01. The molecule has 0 saturated carbocycles. The Labute approximate surface area is 110 Å². The van der Waals surface area contributed by atoms with Gasteiger partial charge in [0.15, 0.2) is 11.6 Å². The molecule has 2 aromatic heterocycles. The van der Waals surface area contributed by atoms with Gasteiger partial charge in [-0.15, -0.1) is 11.3 Å². The van der Waals surface area contributed by atoms with Gasteiger partial charge in [0.05, 0.1) is 5.39 Å². The lowest BCUT2D eigenvalue weighted by Crippen LogP contribution is -2.11. The van der Waals surface area contributed by atoms with E-state index in [9.17, 15) is 0 Å². The smallest absolute Gasteiger partial charge is 0.158 e. The van der Waals surface area contributed by atoms with Gasteiger partial charge in [0.1, 0.15) is 11.4 Å². The highest BCUT2D eigenvalue weighted by Crippen LogP contribution is 2.24. The number of hydrogen-bond acceptors (Lipinski definition) is 6. The molecule has 0 aliphatic heterocycles. The SMILES string of the molecule is CCCCCOCc1nc(NN)c2ccsc2n1. The molecule has 2 aromatic rings. The zero-order valence-electron chi connectivity index (χ0n) is 10.5. The number of hydrazine groups is 1. The molecule has 0 amide bonds. The average molecular weight is 266 g/mol. The van der Waals surface area contributed by atoms with Crippen LogP contribution in [0.3, 0.4) is 0 Å². The van der Waals surface area contributed by atoms with Crippen molar-refractivity contribution >= 4 is 27.4 Å². The quantitative estimate of drug-likeness (QED) is 0.458. The van der Waals surface area contributed by atoms with Crippen molar-refractivity contribution in [1.82, 2.24) is 9.97 Å². The van der Waals surface area contributed by atoms with Crippen LogP contribution in [-0.2, 0) is 11.3 Å². The molecule has 0 atom stereocenters. The van der Waals surface area contributed by atoms with Gasteiger partial charge in [-0.25, -0.2) is 15.8 Å². The Morgan fingerprint density at radius 2 is 2.28 bits per heavy atom. The van der Waals surface area contributed by atoms with E-state index in [0.29, 0.717) is 18.2 Å². The number of anilines is 1. The van der Waals surface area contributed by atoms with Crippen LogP contribution < -0.4 is 11.3 Å². The van der Waals surface area contributed by atoms with Gasteiger partial charge in [0.2, 0.25) is 0 Å². The topological polar surface area (TPSA) is 73.1 Å². The summed E-state index contributed by atoms with van der Waals surface area (Å²) in [7, 11) is 0. The number of hydrogen-bond donors (Lipinski definition) is 2. The molecule has 2 heterocycles. The minimum Gasteiger partial charge on any atom is -0.373 e. The van der Waals surface area contributed by atoms with Crippen molar-refractivity contribution in [2.75, 3.05) is 12.0 Å². The lowest BCUT2D eigenvalue weighted by atomic mass is 10.3. The van der Waals surface area contributed by atoms with Gasteiger partial charge in [0, 0.05) is 6.61 Å². The fraction of sp³-hybridized carbons (Fsp3) is 0.500. The van der Waals surface area contributed by atoms with E-state index >= 15 is 0 Å². The summed E-state index contributed by atoms with van der Waals surface area (Å²) >= 11 is 1.58. The second-order valence-electron chi connectivity index (χ2n) is 4.03. The van der Waals surface area contributed by atoms with Crippen LogP contribution in [0, 0.1) is 0 Å². The number of nitrogens with one attached hydrogen (secondary N) is 1. The van der Waals surface area contributed by atoms with Crippen molar-refractivity contribution in [2.24, 2.45) is 5.84 Å². The van der Waals surface area contributed by atoms with Crippen LogP contribution in [0.15, 0.2) is 11.4 Å². The van der Waals surface area contributed by atoms with E-state index in [-0.39, 0.29) is 0 Å². The van der Waals surface area contributed by atoms with Gasteiger partial charge >= 0.3 is 0 Å². The number of unbranched alkanes of at least 4 members (excludes halogenated alkanes) is 2. The summed E-state index contributed by atoms with van der Waals surface area (Å²) in [5.74, 6) is 6.80. The molecule has 0 unspecified atom stereocenters. The molecule has 0 bridgehead atoms.